The third-order valence-corrected chi connectivity index (χ3v) is 3.37. The number of hydrogen-bond donors (Lipinski definition) is 0. The van der Waals surface area contributed by atoms with Crippen LogP contribution in [0.3, 0.4) is 0 Å². The zero-order valence-corrected chi connectivity index (χ0v) is 11.1. The number of carbonyl (C=O) groups excluding carboxylic acids is 1. The van der Waals surface area contributed by atoms with Gasteiger partial charge in [0.05, 0.1) is 6.07 Å². The van der Waals surface area contributed by atoms with E-state index in [1.165, 1.54) is 0 Å². The summed E-state index contributed by atoms with van der Waals surface area (Å²) < 4.78 is 0. The summed E-state index contributed by atoms with van der Waals surface area (Å²) in [4.78, 5) is 16.3. The highest BCUT2D eigenvalue weighted by Crippen LogP contribution is 2.25. The highest BCUT2D eigenvalue weighted by molar-refractivity contribution is 6.32. The third-order valence-electron chi connectivity index (χ3n) is 2.96. The number of aromatic nitrogens is 1. The summed E-state index contributed by atoms with van der Waals surface area (Å²) in [5, 5.41) is 9.77. The average molecular weight is 271 g/mol. The first-order chi connectivity index (χ1) is 9.15. The van der Waals surface area contributed by atoms with Crippen LogP contribution in [0.5, 0.6) is 0 Å². The van der Waals surface area contributed by atoms with Crippen LogP contribution in [-0.2, 0) is 0 Å². The maximum absolute atomic E-state index is 12.4. The number of nitrogens with zero attached hydrogens (tertiary/aromatic N) is 2. The summed E-state index contributed by atoms with van der Waals surface area (Å²) in [6, 6.07) is 10.5. The lowest BCUT2D eigenvalue weighted by Gasteiger charge is -2.11. The molecule has 0 saturated carbocycles. The van der Waals surface area contributed by atoms with E-state index in [0.717, 1.165) is 0 Å². The molecule has 0 saturated heterocycles. The van der Waals surface area contributed by atoms with E-state index in [1.807, 2.05) is 6.07 Å². The lowest BCUT2D eigenvalue weighted by atomic mass is 9.90. The van der Waals surface area contributed by atoms with Crippen LogP contribution in [0, 0.1) is 18.3 Å². The molecule has 1 heterocycles. The fourth-order valence-corrected chi connectivity index (χ4v) is 2.04. The molecule has 3 nitrogen and oxygen atoms in total. The second-order valence-corrected chi connectivity index (χ2v) is 4.53. The van der Waals surface area contributed by atoms with Crippen molar-refractivity contribution in [2.45, 2.75) is 12.8 Å². The normalized spacial score (nSPS) is 11.6. The molecule has 0 spiro atoms. The molecule has 4 heteroatoms. The Morgan fingerprint density at radius 2 is 2.00 bits per heavy atom. The highest BCUT2D eigenvalue weighted by Gasteiger charge is 2.23. The van der Waals surface area contributed by atoms with Gasteiger partial charge in [-0.25, -0.2) is 0 Å². The van der Waals surface area contributed by atoms with E-state index in [-0.39, 0.29) is 5.78 Å². The minimum absolute atomic E-state index is 0.242. The number of nitriles is 1. The summed E-state index contributed by atoms with van der Waals surface area (Å²) >= 11 is 6.01. The lowest BCUT2D eigenvalue weighted by Crippen LogP contribution is -2.12. The van der Waals surface area contributed by atoms with E-state index in [4.69, 9.17) is 11.6 Å². The van der Waals surface area contributed by atoms with Crippen molar-refractivity contribution >= 4 is 17.4 Å². The van der Waals surface area contributed by atoms with Crippen molar-refractivity contribution in [3.05, 3.63) is 64.4 Å². The molecule has 0 amide bonds. The van der Waals surface area contributed by atoms with Gasteiger partial charge in [-0.05, 0) is 36.2 Å². The Kier molecular flexibility index (Phi) is 3.94. The third kappa shape index (κ3) is 2.64. The van der Waals surface area contributed by atoms with Gasteiger partial charge in [-0.2, -0.15) is 5.26 Å². The number of carbonyl (C=O) groups is 1. The van der Waals surface area contributed by atoms with Crippen LogP contribution < -0.4 is 0 Å². The number of ketones is 1. The van der Waals surface area contributed by atoms with Gasteiger partial charge in [0.15, 0.2) is 5.78 Å². The Balaban J connectivity index is 2.43. The zero-order chi connectivity index (χ0) is 13.8. The number of pyridine rings is 1. The second-order valence-electron chi connectivity index (χ2n) is 4.12. The van der Waals surface area contributed by atoms with Crippen molar-refractivity contribution in [2.75, 3.05) is 0 Å². The molecule has 94 valence electrons. The number of halogens is 1. The van der Waals surface area contributed by atoms with Crippen molar-refractivity contribution in [2.24, 2.45) is 0 Å². The summed E-state index contributed by atoms with van der Waals surface area (Å²) in [5.41, 5.74) is 1.82. The minimum atomic E-state index is -0.833. The molecule has 0 N–H and O–H groups in total. The Morgan fingerprint density at radius 3 is 2.63 bits per heavy atom. The predicted octanol–water partition coefficient (Wildman–Crippen LogP) is 3.53. The van der Waals surface area contributed by atoms with Gasteiger partial charge in [0, 0.05) is 23.0 Å². The maximum Gasteiger partial charge on any atom is 0.184 e. The topological polar surface area (TPSA) is 53.8 Å². The molecule has 19 heavy (non-hydrogen) atoms. The van der Waals surface area contributed by atoms with Gasteiger partial charge in [-0.15, -0.1) is 0 Å². The largest absolute Gasteiger partial charge is 0.292 e. The van der Waals surface area contributed by atoms with Gasteiger partial charge < -0.3 is 0 Å². The van der Waals surface area contributed by atoms with Crippen LogP contribution >= 0.6 is 11.6 Å². The maximum atomic E-state index is 12.4. The average Bonchev–Trinajstić information content (AvgIpc) is 2.44. The summed E-state index contributed by atoms with van der Waals surface area (Å²) in [6.45, 7) is 1.77. The SMILES string of the molecule is Cc1c(Cl)cccc1C(=O)C(C#N)c1ccncc1. The molecule has 2 rings (SSSR count). The Hall–Kier alpha value is -2.18. The van der Waals surface area contributed by atoms with Crippen LogP contribution in [0.4, 0.5) is 0 Å². The quantitative estimate of drug-likeness (QED) is 0.802. The van der Waals surface area contributed by atoms with E-state index < -0.39 is 5.92 Å². The molecule has 0 bridgehead atoms. The molecule has 1 aromatic heterocycles. The summed E-state index contributed by atoms with van der Waals surface area (Å²) in [7, 11) is 0. The van der Waals surface area contributed by atoms with Gasteiger partial charge in [-0.3, -0.25) is 9.78 Å². The fraction of sp³-hybridized carbons (Fsp3) is 0.133. The molecule has 0 aliphatic carbocycles. The molecule has 2 aromatic rings. The van der Waals surface area contributed by atoms with E-state index >= 15 is 0 Å². The monoisotopic (exact) mass is 270 g/mol. The number of hydrogen-bond acceptors (Lipinski definition) is 3. The van der Waals surface area contributed by atoms with Crippen molar-refractivity contribution in [3.8, 4) is 6.07 Å². The molecule has 0 fully saturated rings. The molecule has 1 aromatic carbocycles. The van der Waals surface area contributed by atoms with E-state index in [0.29, 0.717) is 21.7 Å². The lowest BCUT2D eigenvalue weighted by molar-refractivity contribution is 0.0978. The molecule has 1 unspecified atom stereocenters. The molecule has 1 atom stereocenters. The van der Waals surface area contributed by atoms with Gasteiger partial charge >= 0.3 is 0 Å². The first kappa shape index (κ1) is 13.3. The van der Waals surface area contributed by atoms with E-state index in [2.05, 4.69) is 4.98 Å². The fourth-order valence-electron chi connectivity index (χ4n) is 1.87. The van der Waals surface area contributed by atoms with E-state index in [1.54, 1.807) is 49.6 Å². The molecule has 0 aliphatic rings. The summed E-state index contributed by atoms with van der Waals surface area (Å²) in [6.07, 6.45) is 3.13. The Morgan fingerprint density at radius 1 is 1.32 bits per heavy atom. The van der Waals surface area contributed by atoms with Crippen molar-refractivity contribution in [3.63, 3.8) is 0 Å². The summed E-state index contributed by atoms with van der Waals surface area (Å²) in [5.74, 6) is -1.08. The number of Topliss-reactive ketones (excluding diaryl/α,β-unsaturated/α-hetero) is 1. The predicted molar refractivity (Wildman–Crippen MR) is 73.1 cm³/mol. The second kappa shape index (κ2) is 5.64. The highest BCUT2D eigenvalue weighted by atomic mass is 35.5. The van der Waals surface area contributed by atoms with Crippen molar-refractivity contribution < 1.29 is 4.79 Å². The van der Waals surface area contributed by atoms with Gasteiger partial charge in [0.25, 0.3) is 0 Å². The van der Waals surface area contributed by atoms with Crippen LogP contribution in [-0.4, -0.2) is 10.8 Å². The number of rotatable bonds is 3. The molecule has 0 radical (unpaired) electrons. The minimum Gasteiger partial charge on any atom is -0.292 e. The molecular formula is C15H11ClN2O. The first-order valence-electron chi connectivity index (χ1n) is 5.74. The van der Waals surface area contributed by atoms with E-state index in [9.17, 15) is 10.1 Å². The smallest absolute Gasteiger partial charge is 0.184 e. The van der Waals surface area contributed by atoms with Crippen LogP contribution in [0.15, 0.2) is 42.7 Å². The first-order valence-corrected chi connectivity index (χ1v) is 6.12. The van der Waals surface area contributed by atoms with Crippen molar-refractivity contribution in [1.29, 1.82) is 5.26 Å². The van der Waals surface area contributed by atoms with Crippen molar-refractivity contribution in [1.82, 2.24) is 4.98 Å². The zero-order valence-electron chi connectivity index (χ0n) is 10.3. The Labute approximate surface area is 116 Å². The standard InChI is InChI=1S/C15H11ClN2O/c1-10-12(3-2-4-14(10)16)15(19)13(9-17)11-5-7-18-8-6-11/h2-8,13H,1H3. The number of benzene rings is 1. The van der Waals surface area contributed by atoms with Crippen LogP contribution in [0.25, 0.3) is 0 Å². The van der Waals surface area contributed by atoms with Gasteiger partial charge in [-0.1, -0.05) is 23.7 Å². The van der Waals surface area contributed by atoms with Crippen LogP contribution in [0.2, 0.25) is 5.02 Å². The van der Waals surface area contributed by atoms with Crippen LogP contribution in [0.1, 0.15) is 27.4 Å². The molecule has 0 aliphatic heterocycles. The van der Waals surface area contributed by atoms with Gasteiger partial charge in [0.1, 0.15) is 5.92 Å². The Bertz CT molecular complexity index is 647. The molecular weight excluding hydrogens is 260 g/mol. The van der Waals surface area contributed by atoms with Gasteiger partial charge in [0.2, 0.25) is 0 Å².